The molecule has 0 aliphatic heterocycles. The smallest absolute Gasteiger partial charge is 0.0898 e. The fourth-order valence-electron chi connectivity index (χ4n) is 2.25. The van der Waals surface area contributed by atoms with Crippen molar-refractivity contribution < 1.29 is 0 Å². The van der Waals surface area contributed by atoms with Crippen LogP contribution in [0.3, 0.4) is 0 Å². The Kier molecular flexibility index (Phi) is 3.29. The van der Waals surface area contributed by atoms with Crippen LogP contribution in [0.25, 0.3) is 10.8 Å². The van der Waals surface area contributed by atoms with Gasteiger partial charge in [-0.15, -0.1) is 11.3 Å². The van der Waals surface area contributed by atoms with Gasteiger partial charge in [0.2, 0.25) is 0 Å². The molecule has 1 heterocycles. The highest BCUT2D eigenvalue weighted by Gasteiger charge is 2.15. The Labute approximate surface area is 116 Å². The van der Waals surface area contributed by atoms with E-state index in [2.05, 4.69) is 46.1 Å². The lowest BCUT2D eigenvalue weighted by Crippen LogP contribution is -2.29. The van der Waals surface area contributed by atoms with Crippen LogP contribution in [0.15, 0.2) is 47.8 Å². The van der Waals surface area contributed by atoms with E-state index in [1.54, 1.807) is 11.3 Å². The van der Waals surface area contributed by atoms with Crippen molar-refractivity contribution in [1.29, 1.82) is 0 Å². The summed E-state index contributed by atoms with van der Waals surface area (Å²) in [4.78, 5) is 4.51. The van der Waals surface area contributed by atoms with Crippen LogP contribution in [-0.2, 0) is 0 Å². The molecule has 0 aliphatic carbocycles. The molecule has 1 atom stereocenters. The van der Waals surface area contributed by atoms with Gasteiger partial charge in [0, 0.05) is 5.38 Å². The van der Waals surface area contributed by atoms with Crippen molar-refractivity contribution in [2.75, 3.05) is 0 Å². The van der Waals surface area contributed by atoms with Gasteiger partial charge in [-0.25, -0.2) is 10.4 Å². The minimum atomic E-state index is -0.0606. The summed E-state index contributed by atoms with van der Waals surface area (Å²) in [5, 5.41) is 5.55. The number of aryl methyl sites for hydroxylation is 1. The van der Waals surface area contributed by atoms with Gasteiger partial charge in [0.25, 0.3) is 0 Å². The fraction of sp³-hybridized carbons (Fsp3) is 0.133. The third-order valence-electron chi connectivity index (χ3n) is 3.21. The summed E-state index contributed by atoms with van der Waals surface area (Å²) in [7, 11) is 0. The highest BCUT2D eigenvalue weighted by molar-refractivity contribution is 7.09. The molecule has 0 amide bonds. The van der Waals surface area contributed by atoms with Crippen LogP contribution in [0.2, 0.25) is 0 Å². The molecule has 96 valence electrons. The van der Waals surface area contributed by atoms with E-state index in [1.807, 2.05) is 19.1 Å². The van der Waals surface area contributed by atoms with Gasteiger partial charge in [-0.3, -0.25) is 5.84 Å². The molecule has 2 aromatic carbocycles. The molecular weight excluding hydrogens is 254 g/mol. The SMILES string of the molecule is Cc1nc(C(NN)c2ccc3ccccc3c2)cs1. The number of fused-ring (bicyclic) bond motifs is 1. The van der Waals surface area contributed by atoms with Crippen molar-refractivity contribution >= 4 is 22.1 Å². The second-order valence-electron chi connectivity index (χ2n) is 4.50. The first-order chi connectivity index (χ1) is 9.28. The Balaban J connectivity index is 2.06. The summed E-state index contributed by atoms with van der Waals surface area (Å²) in [5.74, 6) is 5.70. The van der Waals surface area contributed by atoms with Crippen molar-refractivity contribution in [3.63, 3.8) is 0 Å². The second-order valence-corrected chi connectivity index (χ2v) is 5.56. The summed E-state index contributed by atoms with van der Waals surface area (Å²) >= 11 is 1.64. The third kappa shape index (κ3) is 2.38. The average molecular weight is 269 g/mol. The molecular formula is C15H15N3S. The van der Waals surface area contributed by atoms with E-state index >= 15 is 0 Å². The largest absolute Gasteiger partial charge is 0.271 e. The van der Waals surface area contributed by atoms with Crippen molar-refractivity contribution in [2.24, 2.45) is 5.84 Å². The van der Waals surface area contributed by atoms with Crippen molar-refractivity contribution in [1.82, 2.24) is 10.4 Å². The Morgan fingerprint density at radius 3 is 2.63 bits per heavy atom. The highest BCUT2D eigenvalue weighted by atomic mass is 32.1. The number of benzene rings is 2. The normalized spacial score (nSPS) is 12.7. The first-order valence-electron chi connectivity index (χ1n) is 6.15. The Bertz CT molecular complexity index is 705. The summed E-state index contributed by atoms with van der Waals surface area (Å²) in [6, 6.07) is 14.6. The van der Waals surface area contributed by atoms with Gasteiger partial charge in [-0.2, -0.15) is 0 Å². The van der Waals surface area contributed by atoms with E-state index < -0.39 is 0 Å². The fourth-order valence-corrected chi connectivity index (χ4v) is 2.89. The van der Waals surface area contributed by atoms with Crippen molar-refractivity contribution in [3.8, 4) is 0 Å². The molecule has 1 aromatic heterocycles. The molecule has 0 bridgehead atoms. The summed E-state index contributed by atoms with van der Waals surface area (Å²) < 4.78 is 0. The second kappa shape index (κ2) is 5.09. The molecule has 1 unspecified atom stereocenters. The van der Waals surface area contributed by atoms with Crippen LogP contribution in [0, 0.1) is 6.92 Å². The van der Waals surface area contributed by atoms with Gasteiger partial charge < -0.3 is 0 Å². The first-order valence-corrected chi connectivity index (χ1v) is 7.03. The predicted molar refractivity (Wildman–Crippen MR) is 80.0 cm³/mol. The molecule has 0 radical (unpaired) electrons. The van der Waals surface area contributed by atoms with Crippen LogP contribution < -0.4 is 11.3 Å². The number of nitrogens with two attached hydrogens (primary N) is 1. The molecule has 3 nitrogen and oxygen atoms in total. The highest BCUT2D eigenvalue weighted by Crippen LogP contribution is 2.25. The van der Waals surface area contributed by atoms with Gasteiger partial charge in [0.05, 0.1) is 16.7 Å². The number of hydrogen-bond donors (Lipinski definition) is 2. The van der Waals surface area contributed by atoms with E-state index in [9.17, 15) is 0 Å². The van der Waals surface area contributed by atoms with Crippen LogP contribution >= 0.6 is 11.3 Å². The van der Waals surface area contributed by atoms with E-state index in [-0.39, 0.29) is 6.04 Å². The quantitative estimate of drug-likeness (QED) is 0.567. The molecule has 3 aromatic rings. The monoisotopic (exact) mass is 269 g/mol. The summed E-state index contributed by atoms with van der Waals surface area (Å²) in [6.07, 6.45) is 0. The zero-order valence-electron chi connectivity index (χ0n) is 10.6. The summed E-state index contributed by atoms with van der Waals surface area (Å²) in [5.41, 5.74) is 4.96. The predicted octanol–water partition coefficient (Wildman–Crippen LogP) is 3.16. The average Bonchev–Trinajstić information content (AvgIpc) is 2.86. The Morgan fingerprint density at radius 2 is 1.95 bits per heavy atom. The van der Waals surface area contributed by atoms with Crippen LogP contribution in [0.1, 0.15) is 22.3 Å². The van der Waals surface area contributed by atoms with Crippen LogP contribution in [0.5, 0.6) is 0 Å². The lowest BCUT2D eigenvalue weighted by atomic mass is 10.0. The molecule has 0 aliphatic rings. The molecule has 0 saturated heterocycles. The zero-order valence-corrected chi connectivity index (χ0v) is 11.4. The van der Waals surface area contributed by atoms with Gasteiger partial charge in [-0.05, 0) is 29.3 Å². The lowest BCUT2D eigenvalue weighted by Gasteiger charge is -2.14. The maximum Gasteiger partial charge on any atom is 0.0898 e. The maximum absolute atomic E-state index is 5.70. The number of aromatic nitrogens is 1. The number of thiazole rings is 1. The number of hydrazine groups is 1. The molecule has 0 spiro atoms. The van der Waals surface area contributed by atoms with E-state index in [0.29, 0.717) is 0 Å². The topological polar surface area (TPSA) is 50.9 Å². The van der Waals surface area contributed by atoms with E-state index in [0.717, 1.165) is 16.3 Å². The lowest BCUT2D eigenvalue weighted by molar-refractivity contribution is 0.624. The Hall–Kier alpha value is -1.75. The third-order valence-corrected chi connectivity index (χ3v) is 4.00. The first kappa shape index (κ1) is 12.3. The number of hydrogen-bond acceptors (Lipinski definition) is 4. The van der Waals surface area contributed by atoms with Crippen LogP contribution in [-0.4, -0.2) is 4.98 Å². The van der Waals surface area contributed by atoms with Crippen molar-refractivity contribution in [2.45, 2.75) is 13.0 Å². The maximum atomic E-state index is 5.70. The molecule has 3 N–H and O–H groups in total. The number of nitrogens with one attached hydrogen (secondary N) is 1. The minimum absolute atomic E-state index is 0.0606. The van der Waals surface area contributed by atoms with Gasteiger partial charge in [0.1, 0.15) is 0 Å². The van der Waals surface area contributed by atoms with E-state index in [4.69, 9.17) is 5.84 Å². The van der Waals surface area contributed by atoms with Crippen molar-refractivity contribution in [3.05, 3.63) is 64.1 Å². The standard InChI is InChI=1S/C15H15N3S/c1-10-17-14(9-19-10)15(18-16)13-7-6-11-4-2-3-5-12(11)8-13/h2-9,15,18H,16H2,1H3. The molecule has 19 heavy (non-hydrogen) atoms. The summed E-state index contributed by atoms with van der Waals surface area (Å²) in [6.45, 7) is 2.00. The Morgan fingerprint density at radius 1 is 1.16 bits per heavy atom. The number of nitrogens with zero attached hydrogens (tertiary/aromatic N) is 1. The van der Waals surface area contributed by atoms with Gasteiger partial charge >= 0.3 is 0 Å². The minimum Gasteiger partial charge on any atom is -0.271 e. The number of rotatable bonds is 3. The molecule has 0 saturated carbocycles. The molecule has 0 fully saturated rings. The molecule has 4 heteroatoms. The van der Waals surface area contributed by atoms with Gasteiger partial charge in [-0.1, -0.05) is 36.4 Å². The molecule has 3 rings (SSSR count). The van der Waals surface area contributed by atoms with Gasteiger partial charge in [0.15, 0.2) is 0 Å². The zero-order chi connectivity index (χ0) is 13.2. The van der Waals surface area contributed by atoms with Crippen LogP contribution in [0.4, 0.5) is 0 Å². The van der Waals surface area contributed by atoms with E-state index in [1.165, 1.54) is 10.8 Å².